The summed E-state index contributed by atoms with van der Waals surface area (Å²) in [7, 11) is 0. The van der Waals surface area contributed by atoms with Crippen LogP contribution < -0.4 is 5.32 Å². The third kappa shape index (κ3) is 3.53. The van der Waals surface area contributed by atoms with Crippen molar-refractivity contribution < 1.29 is 4.79 Å². The van der Waals surface area contributed by atoms with Crippen molar-refractivity contribution in [3.63, 3.8) is 0 Å². The highest BCUT2D eigenvalue weighted by atomic mass is 16.1. The van der Waals surface area contributed by atoms with Crippen LogP contribution in [0.3, 0.4) is 0 Å². The van der Waals surface area contributed by atoms with Crippen LogP contribution in [0.2, 0.25) is 0 Å². The Morgan fingerprint density at radius 3 is 2.37 bits per heavy atom. The standard InChI is InChI=1S/C24H20N2O/c1-2-24(27)25-21-14-12-18(13-15-21)17-26-22-11-7-6-10-20(22)16-23(26)19-8-4-3-5-9-19/h2-16H,1,17H2,(H,25,27). The van der Waals surface area contributed by atoms with E-state index in [2.05, 4.69) is 71.1 Å². The summed E-state index contributed by atoms with van der Waals surface area (Å²) in [5.74, 6) is -0.203. The molecule has 4 aromatic rings. The van der Waals surface area contributed by atoms with E-state index in [4.69, 9.17) is 0 Å². The van der Waals surface area contributed by atoms with Crippen molar-refractivity contribution >= 4 is 22.5 Å². The minimum atomic E-state index is -0.203. The summed E-state index contributed by atoms with van der Waals surface area (Å²) in [5.41, 5.74) is 5.54. The average molecular weight is 352 g/mol. The molecule has 132 valence electrons. The van der Waals surface area contributed by atoms with E-state index in [-0.39, 0.29) is 5.91 Å². The van der Waals surface area contributed by atoms with Crippen molar-refractivity contribution in [3.8, 4) is 11.3 Å². The number of benzene rings is 3. The number of carbonyl (C=O) groups excluding carboxylic acids is 1. The molecule has 1 N–H and O–H groups in total. The monoisotopic (exact) mass is 352 g/mol. The van der Waals surface area contributed by atoms with Gasteiger partial charge in [0.1, 0.15) is 0 Å². The van der Waals surface area contributed by atoms with Gasteiger partial charge in [0.05, 0.1) is 0 Å². The number of nitrogens with zero attached hydrogens (tertiary/aromatic N) is 1. The first-order chi connectivity index (χ1) is 13.2. The van der Waals surface area contributed by atoms with Gasteiger partial charge in [0, 0.05) is 28.8 Å². The van der Waals surface area contributed by atoms with E-state index in [0.717, 1.165) is 12.2 Å². The number of para-hydroxylation sites is 1. The second-order valence-corrected chi connectivity index (χ2v) is 6.43. The molecule has 0 fully saturated rings. The van der Waals surface area contributed by atoms with Crippen molar-refractivity contribution in [3.05, 3.63) is 103 Å². The number of hydrogen-bond acceptors (Lipinski definition) is 1. The molecule has 1 heterocycles. The second-order valence-electron chi connectivity index (χ2n) is 6.43. The lowest BCUT2D eigenvalue weighted by Gasteiger charge is -2.12. The first-order valence-electron chi connectivity index (χ1n) is 8.90. The summed E-state index contributed by atoms with van der Waals surface area (Å²) in [6.07, 6.45) is 1.27. The van der Waals surface area contributed by atoms with Crippen LogP contribution >= 0.6 is 0 Å². The van der Waals surface area contributed by atoms with E-state index in [1.54, 1.807) is 0 Å². The predicted octanol–water partition coefficient (Wildman–Crippen LogP) is 5.48. The zero-order valence-corrected chi connectivity index (χ0v) is 14.9. The van der Waals surface area contributed by atoms with E-state index in [1.807, 2.05) is 30.3 Å². The molecule has 27 heavy (non-hydrogen) atoms. The van der Waals surface area contributed by atoms with Gasteiger partial charge in [0.15, 0.2) is 0 Å². The fourth-order valence-electron chi connectivity index (χ4n) is 3.30. The maximum atomic E-state index is 11.4. The molecular weight excluding hydrogens is 332 g/mol. The number of anilines is 1. The summed E-state index contributed by atoms with van der Waals surface area (Å²) in [4.78, 5) is 11.4. The third-order valence-electron chi connectivity index (χ3n) is 4.63. The molecule has 0 bridgehead atoms. The number of amides is 1. The molecular formula is C24H20N2O. The first-order valence-corrected chi connectivity index (χ1v) is 8.90. The summed E-state index contributed by atoms with van der Waals surface area (Å²) in [5, 5.41) is 4.01. The van der Waals surface area contributed by atoms with Crippen molar-refractivity contribution in [1.82, 2.24) is 4.57 Å². The van der Waals surface area contributed by atoms with Crippen LogP contribution in [0.1, 0.15) is 5.56 Å². The largest absolute Gasteiger partial charge is 0.336 e. The fraction of sp³-hybridized carbons (Fsp3) is 0.0417. The van der Waals surface area contributed by atoms with Crippen LogP contribution in [0.4, 0.5) is 5.69 Å². The van der Waals surface area contributed by atoms with Gasteiger partial charge in [-0.2, -0.15) is 0 Å². The molecule has 0 aliphatic rings. The lowest BCUT2D eigenvalue weighted by Crippen LogP contribution is -2.07. The minimum Gasteiger partial charge on any atom is -0.336 e. The van der Waals surface area contributed by atoms with Crippen LogP contribution in [-0.2, 0) is 11.3 Å². The average Bonchev–Trinajstić information content (AvgIpc) is 3.08. The predicted molar refractivity (Wildman–Crippen MR) is 112 cm³/mol. The highest BCUT2D eigenvalue weighted by Crippen LogP contribution is 2.29. The zero-order chi connectivity index (χ0) is 18.6. The third-order valence-corrected chi connectivity index (χ3v) is 4.63. The van der Waals surface area contributed by atoms with Gasteiger partial charge in [0.2, 0.25) is 5.91 Å². The van der Waals surface area contributed by atoms with E-state index in [1.165, 1.54) is 33.8 Å². The van der Waals surface area contributed by atoms with Crippen LogP contribution in [0, 0.1) is 0 Å². The Labute approximate surface area is 158 Å². The van der Waals surface area contributed by atoms with Gasteiger partial charge in [-0.05, 0) is 41.5 Å². The molecule has 0 aliphatic carbocycles. The quantitative estimate of drug-likeness (QED) is 0.474. The Hall–Kier alpha value is -3.59. The number of aromatic nitrogens is 1. The van der Waals surface area contributed by atoms with Gasteiger partial charge >= 0.3 is 0 Å². The molecule has 0 radical (unpaired) electrons. The Morgan fingerprint density at radius 2 is 1.63 bits per heavy atom. The van der Waals surface area contributed by atoms with Crippen LogP contribution in [0.25, 0.3) is 22.2 Å². The number of hydrogen-bond donors (Lipinski definition) is 1. The van der Waals surface area contributed by atoms with E-state index < -0.39 is 0 Å². The van der Waals surface area contributed by atoms with Gasteiger partial charge in [0.25, 0.3) is 0 Å². The van der Waals surface area contributed by atoms with Gasteiger partial charge < -0.3 is 9.88 Å². The van der Waals surface area contributed by atoms with Gasteiger partial charge in [-0.1, -0.05) is 67.2 Å². The molecule has 3 heteroatoms. The maximum absolute atomic E-state index is 11.4. The highest BCUT2D eigenvalue weighted by Gasteiger charge is 2.11. The van der Waals surface area contributed by atoms with Crippen molar-refractivity contribution in [1.29, 1.82) is 0 Å². The molecule has 1 amide bonds. The van der Waals surface area contributed by atoms with Gasteiger partial charge in [-0.3, -0.25) is 4.79 Å². The van der Waals surface area contributed by atoms with Crippen molar-refractivity contribution in [2.45, 2.75) is 6.54 Å². The SMILES string of the molecule is C=CC(=O)Nc1ccc(Cn2c(-c3ccccc3)cc3ccccc32)cc1. The topological polar surface area (TPSA) is 34.0 Å². The number of rotatable bonds is 5. The van der Waals surface area contributed by atoms with Crippen LogP contribution in [-0.4, -0.2) is 10.5 Å². The maximum Gasteiger partial charge on any atom is 0.247 e. The first kappa shape index (κ1) is 16.9. The van der Waals surface area contributed by atoms with Crippen LogP contribution in [0.5, 0.6) is 0 Å². The van der Waals surface area contributed by atoms with Crippen LogP contribution in [0.15, 0.2) is 97.6 Å². The molecule has 0 saturated carbocycles. The highest BCUT2D eigenvalue weighted by molar-refractivity contribution is 5.98. The summed E-state index contributed by atoms with van der Waals surface area (Å²) in [6.45, 7) is 4.23. The number of carbonyl (C=O) groups is 1. The molecule has 1 aromatic heterocycles. The summed E-state index contributed by atoms with van der Waals surface area (Å²) in [6, 6.07) is 29.0. The molecule has 3 nitrogen and oxygen atoms in total. The molecule has 0 atom stereocenters. The van der Waals surface area contributed by atoms with E-state index in [9.17, 15) is 4.79 Å². The molecule has 0 aliphatic heterocycles. The van der Waals surface area contributed by atoms with Crippen molar-refractivity contribution in [2.75, 3.05) is 5.32 Å². The fourth-order valence-corrected chi connectivity index (χ4v) is 3.30. The molecule has 4 rings (SSSR count). The smallest absolute Gasteiger partial charge is 0.247 e. The normalized spacial score (nSPS) is 10.7. The van der Waals surface area contributed by atoms with Gasteiger partial charge in [-0.25, -0.2) is 0 Å². The number of nitrogens with one attached hydrogen (secondary N) is 1. The Morgan fingerprint density at radius 1 is 0.926 bits per heavy atom. The molecule has 0 saturated heterocycles. The van der Waals surface area contributed by atoms with E-state index >= 15 is 0 Å². The second kappa shape index (κ2) is 7.34. The van der Waals surface area contributed by atoms with Gasteiger partial charge in [-0.15, -0.1) is 0 Å². The number of fused-ring (bicyclic) bond motifs is 1. The summed E-state index contributed by atoms with van der Waals surface area (Å²) < 4.78 is 2.34. The Balaban J connectivity index is 1.71. The lowest BCUT2D eigenvalue weighted by molar-refractivity contribution is -0.111. The Kier molecular flexibility index (Phi) is 4.58. The molecule has 3 aromatic carbocycles. The van der Waals surface area contributed by atoms with E-state index in [0.29, 0.717) is 0 Å². The molecule has 0 unspecified atom stereocenters. The summed E-state index contributed by atoms with van der Waals surface area (Å²) >= 11 is 0. The zero-order valence-electron chi connectivity index (χ0n) is 14.9. The molecule has 0 spiro atoms. The minimum absolute atomic E-state index is 0.203. The van der Waals surface area contributed by atoms with Crippen molar-refractivity contribution in [2.24, 2.45) is 0 Å². The Bertz CT molecular complexity index is 1090. The lowest BCUT2D eigenvalue weighted by atomic mass is 10.1.